The van der Waals surface area contributed by atoms with Gasteiger partial charge < -0.3 is 4.57 Å². The molecular formula is C56H29N3S3. The number of aromatic nitrogens is 1. The van der Waals surface area contributed by atoms with Crippen molar-refractivity contribution in [3.8, 4) is 51.2 Å². The first-order chi connectivity index (χ1) is 30.7. The lowest BCUT2D eigenvalue weighted by atomic mass is 9.81. The Morgan fingerprint density at radius 1 is 0.339 bits per heavy atom. The first kappa shape index (κ1) is 35.2. The number of nitriles is 2. The molecule has 0 saturated carbocycles. The lowest BCUT2D eigenvalue weighted by Crippen LogP contribution is -2.08. The Morgan fingerprint density at radius 2 is 0.790 bits per heavy atom. The van der Waals surface area contributed by atoms with E-state index in [4.69, 9.17) is 0 Å². The van der Waals surface area contributed by atoms with E-state index in [1.807, 2.05) is 36.4 Å². The molecule has 0 aliphatic carbocycles. The zero-order chi connectivity index (χ0) is 41.1. The molecule has 0 fully saturated rings. The van der Waals surface area contributed by atoms with Crippen molar-refractivity contribution >= 4 is 116 Å². The standard InChI is InChI=1S/C56H29N3S3/c57-30-43-49(32-13-3-1-4-14-32)44(31-58)52(51(33-15-5-2-6-16-33)50(43)34-23-28-48-42(29-34)37-19-9-10-20-45(37)60-48)59-53-38(24-26-40-35-17-7-11-21-46(35)61-55(40)53)39-25-27-41-36-18-8-12-22-47(36)62-56(41)54(39)59/h1-29H. The van der Waals surface area contributed by atoms with E-state index in [1.165, 1.54) is 45.7 Å². The molecule has 6 heteroatoms. The third-order valence-corrected chi connectivity index (χ3v) is 16.0. The van der Waals surface area contributed by atoms with Crippen LogP contribution in [0.5, 0.6) is 0 Å². The quantitative estimate of drug-likeness (QED) is 0.177. The molecular weight excluding hydrogens is 811 g/mol. The van der Waals surface area contributed by atoms with Crippen molar-refractivity contribution in [2.45, 2.75) is 0 Å². The fourth-order valence-electron chi connectivity index (χ4n) is 9.89. The molecule has 0 atom stereocenters. The molecule has 0 amide bonds. The Labute approximate surface area is 367 Å². The minimum atomic E-state index is 0.465. The molecule has 0 aliphatic rings. The van der Waals surface area contributed by atoms with E-state index < -0.39 is 0 Å². The van der Waals surface area contributed by atoms with E-state index in [1.54, 1.807) is 34.0 Å². The van der Waals surface area contributed by atoms with Gasteiger partial charge in [-0.25, -0.2) is 0 Å². The molecule has 0 saturated heterocycles. The number of thiophene rings is 3. The van der Waals surface area contributed by atoms with Crippen molar-refractivity contribution in [3.05, 3.63) is 187 Å². The highest BCUT2D eigenvalue weighted by atomic mass is 32.1. The molecule has 13 aromatic rings. The molecule has 286 valence electrons. The highest BCUT2D eigenvalue weighted by Gasteiger charge is 2.31. The molecule has 0 N–H and O–H groups in total. The van der Waals surface area contributed by atoms with Crippen LogP contribution in [-0.4, -0.2) is 4.57 Å². The maximum absolute atomic E-state index is 11.9. The fourth-order valence-corrected chi connectivity index (χ4v) is 13.5. The van der Waals surface area contributed by atoms with Gasteiger partial charge in [0.1, 0.15) is 12.1 Å². The van der Waals surface area contributed by atoms with Crippen molar-refractivity contribution in [1.29, 1.82) is 10.5 Å². The first-order valence-electron chi connectivity index (χ1n) is 20.5. The van der Waals surface area contributed by atoms with Crippen LogP contribution in [0.1, 0.15) is 11.1 Å². The van der Waals surface area contributed by atoms with Crippen LogP contribution in [0.15, 0.2) is 176 Å². The van der Waals surface area contributed by atoms with Gasteiger partial charge in [-0.15, -0.1) is 34.0 Å². The minimum Gasteiger partial charge on any atom is -0.304 e. The number of hydrogen-bond donors (Lipinski definition) is 0. The van der Waals surface area contributed by atoms with Crippen molar-refractivity contribution in [2.24, 2.45) is 0 Å². The third kappa shape index (κ3) is 4.89. The Bertz CT molecular complexity index is 3990. The molecule has 4 aromatic heterocycles. The molecule has 0 bridgehead atoms. The zero-order valence-electron chi connectivity index (χ0n) is 32.8. The van der Waals surface area contributed by atoms with Crippen LogP contribution in [0.2, 0.25) is 0 Å². The summed E-state index contributed by atoms with van der Waals surface area (Å²) >= 11 is 5.38. The van der Waals surface area contributed by atoms with Gasteiger partial charge >= 0.3 is 0 Å². The van der Waals surface area contributed by atoms with E-state index >= 15 is 0 Å². The van der Waals surface area contributed by atoms with Crippen molar-refractivity contribution in [1.82, 2.24) is 4.57 Å². The second kappa shape index (κ2) is 13.5. The molecule has 0 aliphatic heterocycles. The summed E-state index contributed by atoms with van der Waals surface area (Å²) in [6, 6.07) is 67.5. The van der Waals surface area contributed by atoms with Gasteiger partial charge in [0.25, 0.3) is 0 Å². The number of nitrogens with zero attached hydrogens (tertiary/aromatic N) is 3. The Kier molecular flexibility index (Phi) is 7.64. The maximum Gasteiger partial charge on any atom is 0.102 e. The van der Waals surface area contributed by atoms with Crippen molar-refractivity contribution in [3.63, 3.8) is 0 Å². The summed E-state index contributed by atoms with van der Waals surface area (Å²) in [7, 11) is 0. The highest BCUT2D eigenvalue weighted by molar-refractivity contribution is 7.27. The van der Waals surface area contributed by atoms with Crippen LogP contribution in [-0.2, 0) is 0 Å². The number of fused-ring (bicyclic) bond motifs is 14. The van der Waals surface area contributed by atoms with E-state index in [2.05, 4.69) is 156 Å². The lowest BCUT2D eigenvalue weighted by molar-refractivity contribution is 1.18. The van der Waals surface area contributed by atoms with Gasteiger partial charge in [0.2, 0.25) is 0 Å². The maximum atomic E-state index is 11.9. The van der Waals surface area contributed by atoms with Gasteiger partial charge in [-0.2, -0.15) is 10.5 Å². The molecule has 0 spiro atoms. The summed E-state index contributed by atoms with van der Waals surface area (Å²) in [6.45, 7) is 0. The van der Waals surface area contributed by atoms with Crippen LogP contribution < -0.4 is 0 Å². The summed E-state index contributed by atoms with van der Waals surface area (Å²) in [5.41, 5.74) is 8.83. The molecule has 0 radical (unpaired) electrons. The van der Waals surface area contributed by atoms with Crippen molar-refractivity contribution < 1.29 is 0 Å². The SMILES string of the molecule is N#Cc1c(-c2ccccc2)c(C#N)c(-n2c3c(ccc4c5ccccc5sc43)c3ccc4c5ccccc5sc4c32)c(-c2ccccc2)c1-c1ccc2sc3ccccc3c2c1. The summed E-state index contributed by atoms with van der Waals surface area (Å²) in [5, 5.41) is 32.9. The third-order valence-electron chi connectivity index (χ3n) is 12.5. The van der Waals surface area contributed by atoms with Crippen LogP contribution in [0, 0.1) is 22.7 Å². The average molecular weight is 840 g/mol. The first-order valence-corrected chi connectivity index (χ1v) is 22.9. The Hall–Kier alpha value is -7.58. The van der Waals surface area contributed by atoms with Crippen LogP contribution in [0.25, 0.3) is 121 Å². The second-order valence-electron chi connectivity index (χ2n) is 15.7. The fraction of sp³-hybridized carbons (Fsp3) is 0. The Morgan fingerprint density at radius 3 is 1.34 bits per heavy atom. The number of hydrogen-bond acceptors (Lipinski definition) is 5. The molecule has 4 heterocycles. The molecule has 0 unspecified atom stereocenters. The van der Waals surface area contributed by atoms with Crippen LogP contribution in [0.3, 0.4) is 0 Å². The minimum absolute atomic E-state index is 0.465. The van der Waals surface area contributed by atoms with Gasteiger partial charge in [0, 0.05) is 78.6 Å². The zero-order valence-corrected chi connectivity index (χ0v) is 35.3. The van der Waals surface area contributed by atoms with Gasteiger partial charge in [-0.1, -0.05) is 146 Å². The predicted molar refractivity (Wildman–Crippen MR) is 265 cm³/mol. The van der Waals surface area contributed by atoms with Gasteiger partial charge in [-0.05, 0) is 47.0 Å². The highest BCUT2D eigenvalue weighted by Crippen LogP contribution is 2.53. The van der Waals surface area contributed by atoms with Gasteiger partial charge in [0.05, 0.1) is 37.2 Å². The smallest absolute Gasteiger partial charge is 0.102 e. The van der Waals surface area contributed by atoms with Crippen molar-refractivity contribution in [2.75, 3.05) is 0 Å². The number of benzene rings is 9. The second-order valence-corrected chi connectivity index (χ2v) is 18.9. The van der Waals surface area contributed by atoms with Crippen LogP contribution in [0.4, 0.5) is 0 Å². The van der Waals surface area contributed by atoms with E-state index in [0.717, 1.165) is 70.1 Å². The Balaban J connectivity index is 1.33. The number of rotatable bonds is 4. The van der Waals surface area contributed by atoms with Gasteiger partial charge in [-0.3, -0.25) is 0 Å². The molecule has 9 aromatic carbocycles. The molecule has 62 heavy (non-hydrogen) atoms. The van der Waals surface area contributed by atoms with E-state index in [-0.39, 0.29) is 0 Å². The molecule has 13 rings (SSSR count). The summed E-state index contributed by atoms with van der Waals surface area (Å²) in [6.07, 6.45) is 0. The topological polar surface area (TPSA) is 52.5 Å². The largest absolute Gasteiger partial charge is 0.304 e. The van der Waals surface area contributed by atoms with E-state index in [9.17, 15) is 10.5 Å². The monoisotopic (exact) mass is 839 g/mol. The lowest BCUT2D eigenvalue weighted by Gasteiger charge is -2.24. The average Bonchev–Trinajstić information content (AvgIpc) is 4.10. The normalized spacial score (nSPS) is 11.8. The summed E-state index contributed by atoms with van der Waals surface area (Å²) in [5.74, 6) is 0. The van der Waals surface area contributed by atoms with Gasteiger partial charge in [0.15, 0.2) is 0 Å². The van der Waals surface area contributed by atoms with Crippen LogP contribution >= 0.6 is 34.0 Å². The predicted octanol–water partition coefficient (Wildman–Crippen LogP) is 16.6. The molecule has 3 nitrogen and oxygen atoms in total. The summed E-state index contributed by atoms with van der Waals surface area (Å²) < 4.78 is 9.59. The summed E-state index contributed by atoms with van der Waals surface area (Å²) in [4.78, 5) is 0. The van der Waals surface area contributed by atoms with E-state index in [0.29, 0.717) is 16.7 Å².